The maximum atomic E-state index is 13.5. The molecule has 0 fully saturated rings. The number of amides is 1. The van der Waals surface area contributed by atoms with Crippen LogP contribution in [0.15, 0.2) is 48.5 Å². The van der Waals surface area contributed by atoms with Gasteiger partial charge in [0.2, 0.25) is 0 Å². The predicted octanol–water partition coefficient (Wildman–Crippen LogP) is 3.24. The highest BCUT2D eigenvalue weighted by molar-refractivity contribution is 5.94. The molecule has 0 radical (unpaired) electrons. The van der Waals surface area contributed by atoms with E-state index < -0.39 is 11.9 Å². The zero-order valence-electron chi connectivity index (χ0n) is 11.8. The van der Waals surface area contributed by atoms with E-state index in [1.165, 1.54) is 12.1 Å². The van der Waals surface area contributed by atoms with E-state index in [0.29, 0.717) is 11.4 Å². The minimum atomic E-state index is -0.826. The Bertz CT molecular complexity index is 630. The third-order valence-electron chi connectivity index (χ3n) is 2.85. The standard InChI is InChI=1S/C16H16FNO3/c1-11(21-15-9-4-3-8-14(15)17)16(19)18-12-6-5-7-13(10-12)20-2/h3-11H,1-2H3,(H,18,19)/t11-/m1/s1. The molecule has 0 aromatic heterocycles. The Kier molecular flexibility index (Phi) is 4.77. The number of nitrogens with one attached hydrogen (secondary N) is 1. The Hall–Kier alpha value is -2.56. The zero-order valence-corrected chi connectivity index (χ0v) is 11.8. The Morgan fingerprint density at radius 3 is 2.67 bits per heavy atom. The summed E-state index contributed by atoms with van der Waals surface area (Å²) in [6, 6.07) is 12.9. The van der Waals surface area contributed by atoms with Crippen LogP contribution in [0.4, 0.5) is 10.1 Å². The summed E-state index contributed by atoms with van der Waals surface area (Å²) in [6.45, 7) is 1.56. The second-order valence-electron chi connectivity index (χ2n) is 4.41. The van der Waals surface area contributed by atoms with Crippen LogP contribution in [0.2, 0.25) is 0 Å². The van der Waals surface area contributed by atoms with Crippen molar-refractivity contribution in [2.24, 2.45) is 0 Å². The molecule has 2 rings (SSSR count). The summed E-state index contributed by atoms with van der Waals surface area (Å²) in [7, 11) is 1.55. The van der Waals surface area contributed by atoms with Gasteiger partial charge < -0.3 is 14.8 Å². The number of carbonyl (C=O) groups excluding carboxylic acids is 1. The molecule has 2 aromatic carbocycles. The minimum absolute atomic E-state index is 0.0470. The number of hydrogen-bond donors (Lipinski definition) is 1. The molecule has 0 aliphatic carbocycles. The Balaban J connectivity index is 2.01. The van der Waals surface area contributed by atoms with Gasteiger partial charge in [0.05, 0.1) is 7.11 Å². The lowest BCUT2D eigenvalue weighted by molar-refractivity contribution is -0.122. The van der Waals surface area contributed by atoms with E-state index in [-0.39, 0.29) is 11.7 Å². The Morgan fingerprint density at radius 2 is 1.95 bits per heavy atom. The fourth-order valence-corrected chi connectivity index (χ4v) is 1.73. The van der Waals surface area contributed by atoms with Gasteiger partial charge in [0, 0.05) is 11.8 Å². The van der Waals surface area contributed by atoms with Gasteiger partial charge in [0.25, 0.3) is 5.91 Å². The van der Waals surface area contributed by atoms with Crippen molar-refractivity contribution < 1.29 is 18.7 Å². The third kappa shape index (κ3) is 3.95. The van der Waals surface area contributed by atoms with Gasteiger partial charge in [-0.1, -0.05) is 18.2 Å². The van der Waals surface area contributed by atoms with Crippen LogP contribution in [0, 0.1) is 5.82 Å². The van der Waals surface area contributed by atoms with E-state index in [2.05, 4.69) is 5.32 Å². The summed E-state index contributed by atoms with van der Waals surface area (Å²) in [5.74, 6) is -0.189. The Morgan fingerprint density at radius 1 is 1.19 bits per heavy atom. The van der Waals surface area contributed by atoms with Gasteiger partial charge in [-0.3, -0.25) is 4.79 Å². The molecule has 0 saturated carbocycles. The highest BCUT2D eigenvalue weighted by Crippen LogP contribution is 2.19. The average molecular weight is 289 g/mol. The van der Waals surface area contributed by atoms with Gasteiger partial charge in [-0.2, -0.15) is 0 Å². The smallest absolute Gasteiger partial charge is 0.265 e. The molecule has 1 atom stereocenters. The molecule has 0 heterocycles. The number of halogens is 1. The van der Waals surface area contributed by atoms with Crippen molar-refractivity contribution in [3.05, 3.63) is 54.3 Å². The second kappa shape index (κ2) is 6.74. The van der Waals surface area contributed by atoms with Crippen LogP contribution in [0.5, 0.6) is 11.5 Å². The quantitative estimate of drug-likeness (QED) is 0.919. The van der Waals surface area contributed by atoms with Crippen molar-refractivity contribution >= 4 is 11.6 Å². The SMILES string of the molecule is COc1cccc(NC(=O)[C@@H](C)Oc2ccccc2F)c1. The van der Waals surface area contributed by atoms with Crippen LogP contribution < -0.4 is 14.8 Å². The third-order valence-corrected chi connectivity index (χ3v) is 2.85. The molecule has 1 amide bonds. The molecule has 21 heavy (non-hydrogen) atoms. The largest absolute Gasteiger partial charge is 0.497 e. The minimum Gasteiger partial charge on any atom is -0.497 e. The average Bonchev–Trinajstić information content (AvgIpc) is 2.49. The molecule has 4 nitrogen and oxygen atoms in total. The molecule has 0 aliphatic heterocycles. The first-order chi connectivity index (χ1) is 10.1. The first-order valence-electron chi connectivity index (χ1n) is 6.46. The van der Waals surface area contributed by atoms with Crippen molar-refractivity contribution in [1.29, 1.82) is 0 Å². The molecular formula is C16H16FNO3. The summed E-state index contributed by atoms with van der Waals surface area (Å²) in [4.78, 5) is 12.0. The molecule has 2 aromatic rings. The second-order valence-corrected chi connectivity index (χ2v) is 4.41. The zero-order chi connectivity index (χ0) is 15.2. The van der Waals surface area contributed by atoms with E-state index in [0.717, 1.165) is 0 Å². The number of hydrogen-bond acceptors (Lipinski definition) is 3. The number of ether oxygens (including phenoxy) is 2. The van der Waals surface area contributed by atoms with Crippen molar-refractivity contribution in [1.82, 2.24) is 0 Å². The van der Waals surface area contributed by atoms with E-state index in [1.54, 1.807) is 50.4 Å². The van der Waals surface area contributed by atoms with E-state index in [9.17, 15) is 9.18 Å². The fourth-order valence-electron chi connectivity index (χ4n) is 1.73. The number of carbonyl (C=O) groups is 1. The predicted molar refractivity (Wildman–Crippen MR) is 78.1 cm³/mol. The van der Waals surface area contributed by atoms with E-state index in [1.807, 2.05) is 0 Å². The number of benzene rings is 2. The van der Waals surface area contributed by atoms with Crippen molar-refractivity contribution in [2.45, 2.75) is 13.0 Å². The monoisotopic (exact) mass is 289 g/mol. The van der Waals surface area contributed by atoms with Crippen LogP contribution in [0.3, 0.4) is 0 Å². The maximum Gasteiger partial charge on any atom is 0.265 e. The molecule has 0 spiro atoms. The summed E-state index contributed by atoms with van der Waals surface area (Å²) >= 11 is 0. The van der Waals surface area contributed by atoms with E-state index >= 15 is 0 Å². The molecule has 0 unspecified atom stereocenters. The molecule has 0 saturated heterocycles. The van der Waals surface area contributed by atoms with Gasteiger partial charge in [0.1, 0.15) is 5.75 Å². The number of para-hydroxylation sites is 1. The number of anilines is 1. The molecule has 0 aliphatic rings. The molecule has 0 bridgehead atoms. The Labute approximate surface area is 122 Å². The molecule has 1 N–H and O–H groups in total. The fraction of sp³-hybridized carbons (Fsp3) is 0.188. The number of methoxy groups -OCH3 is 1. The number of rotatable bonds is 5. The highest BCUT2D eigenvalue weighted by Gasteiger charge is 2.16. The van der Waals surface area contributed by atoms with Gasteiger partial charge >= 0.3 is 0 Å². The summed E-state index contributed by atoms with van der Waals surface area (Å²) < 4.78 is 23.9. The molecule has 5 heteroatoms. The van der Waals surface area contributed by atoms with Crippen LogP contribution in [-0.2, 0) is 4.79 Å². The summed E-state index contributed by atoms with van der Waals surface area (Å²) in [6.07, 6.45) is -0.826. The first kappa shape index (κ1) is 14.8. The molecule has 110 valence electrons. The van der Waals surface area contributed by atoms with Crippen LogP contribution in [0.25, 0.3) is 0 Å². The van der Waals surface area contributed by atoms with Gasteiger partial charge in [0.15, 0.2) is 17.7 Å². The van der Waals surface area contributed by atoms with Crippen molar-refractivity contribution in [3.8, 4) is 11.5 Å². The summed E-state index contributed by atoms with van der Waals surface area (Å²) in [5, 5.41) is 2.69. The van der Waals surface area contributed by atoms with Crippen LogP contribution >= 0.6 is 0 Å². The van der Waals surface area contributed by atoms with Crippen LogP contribution in [-0.4, -0.2) is 19.1 Å². The lowest BCUT2D eigenvalue weighted by Crippen LogP contribution is -2.30. The van der Waals surface area contributed by atoms with Gasteiger partial charge in [-0.05, 0) is 31.2 Å². The topological polar surface area (TPSA) is 47.6 Å². The highest BCUT2D eigenvalue weighted by atomic mass is 19.1. The lowest BCUT2D eigenvalue weighted by Gasteiger charge is -2.15. The van der Waals surface area contributed by atoms with Crippen molar-refractivity contribution in [3.63, 3.8) is 0 Å². The first-order valence-corrected chi connectivity index (χ1v) is 6.46. The van der Waals surface area contributed by atoms with Crippen molar-refractivity contribution in [2.75, 3.05) is 12.4 Å². The summed E-state index contributed by atoms with van der Waals surface area (Å²) in [5.41, 5.74) is 0.586. The van der Waals surface area contributed by atoms with E-state index in [4.69, 9.17) is 9.47 Å². The van der Waals surface area contributed by atoms with Crippen LogP contribution in [0.1, 0.15) is 6.92 Å². The normalized spacial score (nSPS) is 11.6. The van der Waals surface area contributed by atoms with Gasteiger partial charge in [-0.15, -0.1) is 0 Å². The maximum absolute atomic E-state index is 13.5. The lowest BCUT2D eigenvalue weighted by atomic mass is 10.2. The molecular weight excluding hydrogens is 273 g/mol. The van der Waals surface area contributed by atoms with Gasteiger partial charge in [-0.25, -0.2) is 4.39 Å².